The van der Waals surface area contributed by atoms with E-state index in [1.807, 2.05) is 0 Å². The highest BCUT2D eigenvalue weighted by Crippen LogP contribution is 2.25. The number of nitrogens with zero attached hydrogens (tertiary/aromatic N) is 2. The number of nitrogens with one attached hydrogen (secondary N) is 1. The largest absolute Gasteiger partial charge is 0.326 e. The smallest absolute Gasteiger partial charge is 0.282 e. The zero-order valence-electron chi connectivity index (χ0n) is 14.7. The first-order valence-corrected chi connectivity index (χ1v) is 10.1. The maximum atomic E-state index is 12.8. The maximum Gasteiger partial charge on any atom is 0.282 e. The Bertz CT molecular complexity index is 1170. The highest BCUT2D eigenvalue weighted by molar-refractivity contribution is 7.89. The summed E-state index contributed by atoms with van der Waals surface area (Å²) in [7, 11) is -4.24. The standard InChI is InChI=1S/C18H15ClF2N4O3S/c19-13-4-2-1-3-11(13)9-17(26)23-12-5-6-15(16(10-12)29(22,27)28)25-8-7-14(24-25)18(20)21/h1-8,10,18H,9H2,(H,23,26)(H2,22,27,28). The molecule has 0 saturated heterocycles. The fourth-order valence-corrected chi connectivity index (χ4v) is 3.56. The number of hydrogen-bond donors (Lipinski definition) is 2. The van der Waals surface area contributed by atoms with Crippen molar-refractivity contribution in [1.29, 1.82) is 0 Å². The van der Waals surface area contributed by atoms with Gasteiger partial charge in [0.25, 0.3) is 6.43 Å². The molecule has 0 unspecified atom stereocenters. The summed E-state index contributed by atoms with van der Waals surface area (Å²) in [5, 5.41) is 11.9. The zero-order valence-corrected chi connectivity index (χ0v) is 16.3. The van der Waals surface area contributed by atoms with E-state index < -0.39 is 28.0 Å². The molecule has 3 aromatic rings. The van der Waals surface area contributed by atoms with E-state index in [1.165, 1.54) is 18.3 Å². The number of carbonyl (C=O) groups excluding carboxylic acids is 1. The van der Waals surface area contributed by atoms with Gasteiger partial charge >= 0.3 is 0 Å². The van der Waals surface area contributed by atoms with E-state index in [4.69, 9.17) is 16.7 Å². The summed E-state index contributed by atoms with van der Waals surface area (Å²) in [6.07, 6.45) is -1.64. The fourth-order valence-electron chi connectivity index (χ4n) is 2.62. The van der Waals surface area contributed by atoms with Crippen LogP contribution in [0.5, 0.6) is 0 Å². The lowest BCUT2D eigenvalue weighted by Crippen LogP contribution is -2.18. The molecule has 1 aromatic heterocycles. The molecule has 11 heteroatoms. The average Bonchev–Trinajstić information content (AvgIpc) is 3.13. The maximum absolute atomic E-state index is 12.8. The minimum Gasteiger partial charge on any atom is -0.326 e. The molecule has 29 heavy (non-hydrogen) atoms. The van der Waals surface area contributed by atoms with Gasteiger partial charge in [-0.15, -0.1) is 0 Å². The summed E-state index contributed by atoms with van der Waals surface area (Å²) < 4.78 is 50.5. The third-order valence-corrected chi connectivity index (χ3v) is 5.25. The molecule has 0 fully saturated rings. The monoisotopic (exact) mass is 440 g/mol. The van der Waals surface area contributed by atoms with Crippen LogP contribution in [0, 0.1) is 0 Å². The Balaban J connectivity index is 1.89. The van der Waals surface area contributed by atoms with E-state index in [-0.39, 0.29) is 22.7 Å². The van der Waals surface area contributed by atoms with E-state index >= 15 is 0 Å². The topological polar surface area (TPSA) is 107 Å². The first-order chi connectivity index (χ1) is 13.6. The Morgan fingerprint density at radius 1 is 1.21 bits per heavy atom. The van der Waals surface area contributed by atoms with E-state index in [2.05, 4.69) is 10.4 Å². The molecule has 0 bridgehead atoms. The van der Waals surface area contributed by atoms with Crippen molar-refractivity contribution in [2.75, 3.05) is 5.32 Å². The van der Waals surface area contributed by atoms with Gasteiger partial charge in [-0.25, -0.2) is 27.0 Å². The molecule has 3 N–H and O–H groups in total. The van der Waals surface area contributed by atoms with Gasteiger partial charge in [0.2, 0.25) is 15.9 Å². The lowest BCUT2D eigenvalue weighted by molar-refractivity contribution is -0.115. The fraction of sp³-hybridized carbons (Fsp3) is 0.111. The molecule has 1 heterocycles. The number of alkyl halides is 2. The summed E-state index contributed by atoms with van der Waals surface area (Å²) in [6, 6.07) is 11.7. The van der Waals surface area contributed by atoms with Crippen LogP contribution in [0.25, 0.3) is 5.69 Å². The number of benzene rings is 2. The van der Waals surface area contributed by atoms with Gasteiger partial charge < -0.3 is 5.32 Å². The number of aromatic nitrogens is 2. The van der Waals surface area contributed by atoms with Crippen LogP contribution < -0.4 is 10.5 Å². The van der Waals surface area contributed by atoms with Gasteiger partial charge in [0.1, 0.15) is 10.6 Å². The minimum atomic E-state index is -4.24. The Labute approximate surface area is 170 Å². The summed E-state index contributed by atoms with van der Waals surface area (Å²) in [5.74, 6) is -0.426. The molecular formula is C18H15ClF2N4O3S. The number of hydrogen-bond acceptors (Lipinski definition) is 4. The molecule has 2 aromatic carbocycles. The molecule has 0 spiro atoms. The van der Waals surface area contributed by atoms with Crippen LogP contribution in [0.2, 0.25) is 5.02 Å². The average molecular weight is 441 g/mol. The number of anilines is 1. The van der Waals surface area contributed by atoms with Crippen molar-refractivity contribution in [3.05, 3.63) is 71.0 Å². The van der Waals surface area contributed by atoms with E-state index in [1.54, 1.807) is 24.3 Å². The predicted molar refractivity (Wildman–Crippen MR) is 104 cm³/mol. The molecule has 0 saturated carbocycles. The van der Waals surface area contributed by atoms with E-state index in [0.29, 0.717) is 10.6 Å². The summed E-state index contributed by atoms with van der Waals surface area (Å²) in [4.78, 5) is 11.9. The van der Waals surface area contributed by atoms with Crippen LogP contribution in [-0.2, 0) is 21.2 Å². The Morgan fingerprint density at radius 3 is 2.55 bits per heavy atom. The van der Waals surface area contributed by atoms with Crippen LogP contribution in [0.1, 0.15) is 17.7 Å². The number of carbonyl (C=O) groups is 1. The van der Waals surface area contributed by atoms with Gasteiger partial charge in [0.05, 0.1) is 12.1 Å². The molecule has 7 nitrogen and oxygen atoms in total. The molecule has 3 rings (SSSR count). The second-order valence-electron chi connectivity index (χ2n) is 6.03. The second-order valence-corrected chi connectivity index (χ2v) is 7.97. The van der Waals surface area contributed by atoms with Gasteiger partial charge in [-0.2, -0.15) is 5.10 Å². The minimum absolute atomic E-state index is 0.0245. The quantitative estimate of drug-likeness (QED) is 0.613. The molecule has 0 atom stereocenters. The van der Waals surface area contributed by atoms with Gasteiger partial charge in [-0.3, -0.25) is 4.79 Å². The van der Waals surface area contributed by atoms with Crippen molar-refractivity contribution in [2.24, 2.45) is 5.14 Å². The summed E-state index contributed by atoms with van der Waals surface area (Å²) in [5.41, 5.74) is 0.230. The van der Waals surface area contributed by atoms with Crippen LogP contribution in [0.15, 0.2) is 59.6 Å². The van der Waals surface area contributed by atoms with Gasteiger partial charge in [-0.05, 0) is 35.9 Å². The van der Waals surface area contributed by atoms with Crippen molar-refractivity contribution < 1.29 is 22.0 Å². The number of primary sulfonamides is 1. The zero-order chi connectivity index (χ0) is 21.2. The third kappa shape index (κ3) is 4.97. The molecule has 0 aliphatic rings. The van der Waals surface area contributed by atoms with Crippen molar-refractivity contribution in [3.8, 4) is 5.69 Å². The van der Waals surface area contributed by atoms with Crippen molar-refractivity contribution in [1.82, 2.24) is 9.78 Å². The molecular weight excluding hydrogens is 426 g/mol. The lowest BCUT2D eigenvalue weighted by Gasteiger charge is -2.12. The highest BCUT2D eigenvalue weighted by Gasteiger charge is 2.19. The Morgan fingerprint density at radius 2 is 1.93 bits per heavy atom. The lowest BCUT2D eigenvalue weighted by atomic mass is 10.1. The molecule has 0 aliphatic carbocycles. The van der Waals surface area contributed by atoms with Gasteiger partial charge in [0, 0.05) is 16.9 Å². The number of halogens is 3. The van der Waals surface area contributed by atoms with E-state index in [0.717, 1.165) is 16.8 Å². The van der Waals surface area contributed by atoms with Crippen molar-refractivity contribution >= 4 is 33.2 Å². The van der Waals surface area contributed by atoms with Crippen molar-refractivity contribution in [3.63, 3.8) is 0 Å². The first kappa shape index (κ1) is 20.9. The number of rotatable bonds is 6. The number of nitrogens with two attached hydrogens (primary N) is 1. The number of amides is 1. The molecule has 0 aliphatic heterocycles. The van der Waals surface area contributed by atoms with Crippen LogP contribution >= 0.6 is 11.6 Å². The normalized spacial score (nSPS) is 11.6. The summed E-state index contributed by atoms with van der Waals surface area (Å²) >= 11 is 6.03. The van der Waals surface area contributed by atoms with Crippen LogP contribution in [0.3, 0.4) is 0 Å². The first-order valence-electron chi connectivity index (χ1n) is 8.19. The Kier molecular flexibility index (Phi) is 5.96. The molecule has 1 amide bonds. The van der Waals surface area contributed by atoms with Gasteiger partial charge in [0.15, 0.2) is 0 Å². The molecule has 0 radical (unpaired) electrons. The summed E-state index contributed by atoms with van der Waals surface area (Å²) in [6.45, 7) is 0. The SMILES string of the molecule is NS(=O)(=O)c1cc(NC(=O)Cc2ccccc2Cl)ccc1-n1ccc(C(F)F)n1. The van der Waals surface area contributed by atoms with Crippen LogP contribution in [0.4, 0.5) is 14.5 Å². The highest BCUT2D eigenvalue weighted by atomic mass is 35.5. The van der Waals surface area contributed by atoms with Crippen LogP contribution in [-0.4, -0.2) is 24.1 Å². The van der Waals surface area contributed by atoms with E-state index in [9.17, 15) is 22.0 Å². The number of sulfonamides is 1. The third-order valence-electron chi connectivity index (χ3n) is 3.94. The Hall–Kier alpha value is -2.82. The second kappa shape index (κ2) is 8.27. The predicted octanol–water partition coefficient (Wildman–Crippen LogP) is 3.29. The van der Waals surface area contributed by atoms with Crippen molar-refractivity contribution in [2.45, 2.75) is 17.7 Å². The molecule has 152 valence electrons. The van der Waals surface area contributed by atoms with Gasteiger partial charge in [-0.1, -0.05) is 29.8 Å².